The largest absolute Gasteiger partial charge is 0.496 e. The van der Waals surface area contributed by atoms with Gasteiger partial charge in [-0.05, 0) is 18.2 Å². The predicted octanol–water partition coefficient (Wildman–Crippen LogP) is 2.47. The quantitative estimate of drug-likeness (QED) is 0.909. The molecule has 0 atom stereocenters. The van der Waals surface area contributed by atoms with Crippen LogP contribution >= 0.6 is 15.9 Å². The number of carboxylic acids is 1. The van der Waals surface area contributed by atoms with Gasteiger partial charge in [-0.15, -0.1) is 0 Å². The van der Waals surface area contributed by atoms with E-state index in [1.807, 2.05) is 12.1 Å². The maximum atomic E-state index is 10.8. The van der Waals surface area contributed by atoms with Gasteiger partial charge in [0.1, 0.15) is 5.75 Å². The van der Waals surface area contributed by atoms with Crippen molar-refractivity contribution in [2.45, 2.75) is 6.42 Å². The maximum Gasteiger partial charge on any atom is 0.309 e. The zero-order valence-corrected chi connectivity index (χ0v) is 11.2. The number of carbonyl (C=O) groups is 1. The van der Waals surface area contributed by atoms with E-state index < -0.39 is 5.97 Å². The Balaban J connectivity index is 2.51. The summed E-state index contributed by atoms with van der Waals surface area (Å²) in [5.74, 6) is -0.258. The molecule has 1 heterocycles. The number of aromatic amines is 1. The molecule has 2 aromatic rings. The molecule has 1 aromatic carbocycles. The van der Waals surface area contributed by atoms with Crippen molar-refractivity contribution < 1.29 is 14.6 Å². The monoisotopic (exact) mass is 310 g/mol. The van der Waals surface area contributed by atoms with Crippen molar-refractivity contribution >= 4 is 21.9 Å². The number of halogens is 1. The number of H-pyrrole nitrogens is 1. The fourth-order valence-corrected chi connectivity index (χ4v) is 2.07. The van der Waals surface area contributed by atoms with E-state index in [0.29, 0.717) is 17.1 Å². The minimum absolute atomic E-state index is 0.106. The molecule has 0 radical (unpaired) electrons. The summed E-state index contributed by atoms with van der Waals surface area (Å²) in [5, 5.41) is 8.85. The van der Waals surface area contributed by atoms with Crippen LogP contribution < -0.4 is 4.74 Å². The average molecular weight is 311 g/mol. The van der Waals surface area contributed by atoms with Gasteiger partial charge in [0.15, 0.2) is 0 Å². The molecule has 0 spiro atoms. The molecule has 0 aliphatic rings. The first kappa shape index (κ1) is 12.6. The Morgan fingerprint density at radius 3 is 3.00 bits per heavy atom. The Kier molecular flexibility index (Phi) is 3.66. The van der Waals surface area contributed by atoms with Crippen LogP contribution in [0.15, 0.2) is 29.0 Å². The number of methoxy groups -OCH3 is 1. The lowest BCUT2D eigenvalue weighted by molar-refractivity contribution is -0.136. The second kappa shape index (κ2) is 5.22. The van der Waals surface area contributed by atoms with Crippen LogP contribution in [-0.4, -0.2) is 28.2 Å². The van der Waals surface area contributed by atoms with E-state index in [0.717, 1.165) is 10.0 Å². The lowest BCUT2D eigenvalue weighted by atomic mass is 10.1. The predicted molar refractivity (Wildman–Crippen MR) is 69.6 cm³/mol. The number of nitrogens with one attached hydrogen (secondary N) is 1. The highest BCUT2D eigenvalue weighted by Crippen LogP contribution is 2.33. The first-order chi connectivity index (χ1) is 8.61. The number of aliphatic carboxylic acids is 1. The van der Waals surface area contributed by atoms with E-state index >= 15 is 0 Å². The summed E-state index contributed by atoms with van der Waals surface area (Å²) in [4.78, 5) is 17.8. The van der Waals surface area contributed by atoms with Gasteiger partial charge in [0.2, 0.25) is 0 Å². The third-order valence-corrected chi connectivity index (χ3v) is 2.96. The van der Waals surface area contributed by atoms with E-state index in [1.54, 1.807) is 13.2 Å². The number of rotatable bonds is 4. The Morgan fingerprint density at radius 1 is 1.56 bits per heavy atom. The van der Waals surface area contributed by atoms with E-state index in [4.69, 9.17) is 9.84 Å². The van der Waals surface area contributed by atoms with E-state index in [-0.39, 0.29) is 6.42 Å². The summed E-state index contributed by atoms with van der Waals surface area (Å²) in [7, 11) is 1.57. The molecular formula is C12H11BrN2O3. The van der Waals surface area contributed by atoms with Crippen molar-refractivity contribution in [2.75, 3.05) is 7.11 Å². The number of aromatic nitrogens is 2. The van der Waals surface area contributed by atoms with Gasteiger partial charge in [-0.1, -0.05) is 15.9 Å². The standard InChI is InChI=1S/C12H11BrN2O3/c1-18-10-3-2-7(13)4-8(10)12-9(5-11(16)17)14-6-15-12/h2-4,6H,5H2,1H3,(H,14,15)(H,16,17). The van der Waals surface area contributed by atoms with E-state index in [1.165, 1.54) is 6.33 Å². The van der Waals surface area contributed by atoms with Crippen molar-refractivity contribution in [1.82, 2.24) is 9.97 Å². The number of hydrogen-bond acceptors (Lipinski definition) is 3. The first-order valence-corrected chi connectivity index (χ1v) is 5.99. The summed E-state index contributed by atoms with van der Waals surface area (Å²) in [5.41, 5.74) is 1.90. The van der Waals surface area contributed by atoms with E-state index in [2.05, 4.69) is 25.9 Å². The second-order valence-corrected chi connectivity index (χ2v) is 4.56. The fraction of sp³-hybridized carbons (Fsp3) is 0.167. The fourth-order valence-electron chi connectivity index (χ4n) is 1.70. The Hall–Kier alpha value is -1.82. The molecule has 0 saturated heterocycles. The summed E-state index contributed by atoms with van der Waals surface area (Å²) in [6, 6.07) is 5.50. The zero-order chi connectivity index (χ0) is 13.1. The van der Waals surface area contributed by atoms with Crippen LogP contribution in [0.3, 0.4) is 0 Å². The molecule has 1 aromatic heterocycles. The van der Waals surface area contributed by atoms with E-state index in [9.17, 15) is 4.79 Å². The average Bonchev–Trinajstić information content (AvgIpc) is 2.76. The minimum Gasteiger partial charge on any atom is -0.496 e. The number of nitrogens with zero attached hydrogens (tertiary/aromatic N) is 1. The molecule has 2 N–H and O–H groups in total. The molecular weight excluding hydrogens is 300 g/mol. The molecule has 0 bridgehead atoms. The van der Waals surface area contributed by atoms with Gasteiger partial charge < -0.3 is 14.8 Å². The van der Waals surface area contributed by atoms with Crippen LogP contribution in [-0.2, 0) is 11.2 Å². The third-order valence-electron chi connectivity index (χ3n) is 2.46. The van der Waals surface area contributed by atoms with Gasteiger partial charge in [0, 0.05) is 10.0 Å². The third kappa shape index (κ3) is 2.53. The topological polar surface area (TPSA) is 75.2 Å². The van der Waals surface area contributed by atoms with Gasteiger partial charge in [-0.3, -0.25) is 4.79 Å². The van der Waals surface area contributed by atoms with Gasteiger partial charge in [-0.25, -0.2) is 4.98 Å². The van der Waals surface area contributed by atoms with Crippen LogP contribution in [0.4, 0.5) is 0 Å². The highest BCUT2D eigenvalue weighted by Gasteiger charge is 2.15. The van der Waals surface area contributed by atoms with Crippen molar-refractivity contribution in [3.63, 3.8) is 0 Å². The number of ether oxygens (including phenoxy) is 1. The summed E-state index contributed by atoms with van der Waals surface area (Å²) in [6.45, 7) is 0. The van der Waals surface area contributed by atoms with Gasteiger partial charge in [0.25, 0.3) is 0 Å². The number of imidazole rings is 1. The molecule has 6 heteroatoms. The van der Waals surface area contributed by atoms with Crippen molar-refractivity contribution in [2.24, 2.45) is 0 Å². The molecule has 5 nitrogen and oxygen atoms in total. The Labute approximate surface area is 112 Å². The second-order valence-electron chi connectivity index (χ2n) is 3.64. The lowest BCUT2D eigenvalue weighted by Crippen LogP contribution is -2.02. The molecule has 2 rings (SSSR count). The molecule has 0 fully saturated rings. The molecule has 0 amide bonds. The zero-order valence-electron chi connectivity index (χ0n) is 9.61. The molecule has 0 unspecified atom stereocenters. The summed E-state index contributed by atoms with van der Waals surface area (Å²) >= 11 is 3.38. The van der Waals surface area contributed by atoms with Crippen molar-refractivity contribution in [3.8, 4) is 17.0 Å². The molecule has 0 saturated carbocycles. The lowest BCUT2D eigenvalue weighted by Gasteiger charge is -2.08. The van der Waals surface area contributed by atoms with Crippen LogP contribution in [0.25, 0.3) is 11.3 Å². The van der Waals surface area contributed by atoms with Crippen LogP contribution in [0, 0.1) is 0 Å². The van der Waals surface area contributed by atoms with Crippen LogP contribution in [0.5, 0.6) is 5.75 Å². The number of benzene rings is 1. The van der Waals surface area contributed by atoms with Gasteiger partial charge in [0.05, 0.1) is 31.2 Å². The number of hydrogen-bond donors (Lipinski definition) is 2. The normalized spacial score (nSPS) is 10.3. The van der Waals surface area contributed by atoms with Crippen molar-refractivity contribution in [1.29, 1.82) is 0 Å². The maximum absolute atomic E-state index is 10.8. The number of carboxylic acid groups (broad SMARTS) is 1. The highest BCUT2D eigenvalue weighted by molar-refractivity contribution is 9.10. The van der Waals surface area contributed by atoms with Crippen molar-refractivity contribution in [3.05, 3.63) is 34.7 Å². The molecule has 18 heavy (non-hydrogen) atoms. The summed E-state index contributed by atoms with van der Waals surface area (Å²) < 4.78 is 6.14. The Bertz CT molecular complexity index is 580. The van der Waals surface area contributed by atoms with Gasteiger partial charge in [-0.2, -0.15) is 0 Å². The smallest absolute Gasteiger partial charge is 0.309 e. The van der Waals surface area contributed by atoms with Gasteiger partial charge >= 0.3 is 5.97 Å². The molecule has 94 valence electrons. The first-order valence-electron chi connectivity index (χ1n) is 5.19. The highest BCUT2D eigenvalue weighted by atomic mass is 79.9. The summed E-state index contributed by atoms with van der Waals surface area (Å²) in [6.07, 6.45) is 1.37. The molecule has 0 aliphatic carbocycles. The van der Waals surface area contributed by atoms with Crippen LogP contribution in [0.1, 0.15) is 5.69 Å². The Morgan fingerprint density at radius 2 is 2.33 bits per heavy atom. The molecule has 0 aliphatic heterocycles. The van der Waals surface area contributed by atoms with Crippen LogP contribution in [0.2, 0.25) is 0 Å². The minimum atomic E-state index is -0.908. The SMILES string of the molecule is COc1ccc(Br)cc1-c1nc[nH]c1CC(=O)O.